The summed E-state index contributed by atoms with van der Waals surface area (Å²) in [6, 6.07) is 2.53. The third-order valence-corrected chi connectivity index (χ3v) is 3.28. The van der Waals surface area contributed by atoms with Gasteiger partial charge in [-0.2, -0.15) is 5.10 Å². The molecule has 88 valence electrons. The van der Waals surface area contributed by atoms with E-state index in [9.17, 15) is 0 Å². The lowest BCUT2D eigenvalue weighted by molar-refractivity contribution is 0.520. The third kappa shape index (κ3) is 2.53. The molecule has 1 saturated carbocycles. The van der Waals surface area contributed by atoms with Gasteiger partial charge in [0.05, 0.1) is 11.4 Å². The predicted molar refractivity (Wildman–Crippen MR) is 67.0 cm³/mol. The van der Waals surface area contributed by atoms with Crippen LogP contribution in [0, 0.1) is 0 Å². The van der Waals surface area contributed by atoms with Crippen molar-refractivity contribution >= 4 is 6.08 Å². The van der Waals surface area contributed by atoms with Gasteiger partial charge < -0.3 is 5.73 Å². The molecule has 1 aromatic rings. The lowest BCUT2D eigenvalue weighted by atomic mass is 9.90. The third-order valence-electron chi connectivity index (χ3n) is 3.28. The molecular formula is C13H21N3. The minimum atomic E-state index is 0.360. The maximum absolute atomic E-state index is 5.98. The van der Waals surface area contributed by atoms with Crippen LogP contribution in [0.1, 0.15) is 44.0 Å². The number of aromatic nitrogens is 2. The van der Waals surface area contributed by atoms with Crippen molar-refractivity contribution < 1.29 is 0 Å². The Bertz CT molecular complexity index is 390. The van der Waals surface area contributed by atoms with E-state index in [4.69, 9.17) is 5.73 Å². The Balaban J connectivity index is 2.17. The second kappa shape index (κ2) is 4.83. The summed E-state index contributed by atoms with van der Waals surface area (Å²) in [5, 5.41) is 4.45. The van der Waals surface area contributed by atoms with Crippen molar-refractivity contribution in [1.29, 1.82) is 0 Å². The summed E-state index contributed by atoms with van der Waals surface area (Å²) in [6.45, 7) is 2.13. The number of nitrogens with zero attached hydrogens (tertiary/aromatic N) is 2. The molecule has 0 saturated heterocycles. The highest BCUT2D eigenvalue weighted by Gasteiger charge is 2.13. The maximum Gasteiger partial charge on any atom is 0.0628 e. The van der Waals surface area contributed by atoms with E-state index >= 15 is 0 Å². The number of hydrogen-bond donors (Lipinski definition) is 1. The first-order valence-electron chi connectivity index (χ1n) is 6.17. The zero-order valence-corrected chi connectivity index (χ0v) is 10.2. The molecule has 3 heteroatoms. The van der Waals surface area contributed by atoms with Crippen molar-refractivity contribution in [3.8, 4) is 0 Å². The molecule has 0 aliphatic heterocycles. The van der Waals surface area contributed by atoms with Gasteiger partial charge in [-0.25, -0.2) is 0 Å². The van der Waals surface area contributed by atoms with Gasteiger partial charge in [0.1, 0.15) is 0 Å². The van der Waals surface area contributed by atoms with E-state index in [0.29, 0.717) is 6.04 Å². The zero-order valence-electron chi connectivity index (χ0n) is 10.2. The summed E-state index contributed by atoms with van der Waals surface area (Å²) in [6.07, 6.45) is 7.91. The molecule has 1 aromatic heterocycles. The van der Waals surface area contributed by atoms with Crippen molar-refractivity contribution in [3.05, 3.63) is 23.0 Å². The van der Waals surface area contributed by atoms with Crippen LogP contribution >= 0.6 is 0 Å². The van der Waals surface area contributed by atoms with E-state index in [1.807, 2.05) is 11.7 Å². The highest BCUT2D eigenvalue weighted by atomic mass is 15.3. The minimum absolute atomic E-state index is 0.360. The number of aryl methyl sites for hydroxylation is 2. The fourth-order valence-electron chi connectivity index (χ4n) is 2.32. The number of hydrogen-bond acceptors (Lipinski definition) is 2. The highest BCUT2D eigenvalue weighted by Crippen LogP contribution is 2.24. The monoisotopic (exact) mass is 219 g/mol. The van der Waals surface area contributed by atoms with Crippen molar-refractivity contribution in [3.63, 3.8) is 0 Å². The molecule has 1 aliphatic carbocycles. The Morgan fingerprint density at radius 1 is 1.62 bits per heavy atom. The van der Waals surface area contributed by atoms with Gasteiger partial charge in [0.15, 0.2) is 0 Å². The fourth-order valence-corrected chi connectivity index (χ4v) is 2.32. The molecule has 3 nitrogen and oxygen atoms in total. The van der Waals surface area contributed by atoms with Crippen molar-refractivity contribution in [2.45, 2.75) is 45.1 Å². The van der Waals surface area contributed by atoms with Crippen LogP contribution in [0.15, 0.2) is 11.6 Å². The number of rotatable bonds is 2. The predicted octanol–water partition coefficient (Wildman–Crippen LogP) is 2.27. The molecule has 1 aliphatic rings. The minimum Gasteiger partial charge on any atom is -0.327 e. The summed E-state index contributed by atoms with van der Waals surface area (Å²) in [7, 11) is 2.01. The van der Waals surface area contributed by atoms with Crippen LogP contribution in [-0.2, 0) is 13.5 Å². The first kappa shape index (κ1) is 11.4. The molecular weight excluding hydrogens is 198 g/mol. The van der Waals surface area contributed by atoms with Crippen LogP contribution in [0.4, 0.5) is 0 Å². The Kier molecular flexibility index (Phi) is 3.44. The fraction of sp³-hybridized carbons (Fsp3) is 0.615. The lowest BCUT2D eigenvalue weighted by Crippen LogP contribution is -2.23. The van der Waals surface area contributed by atoms with Crippen LogP contribution in [0.25, 0.3) is 6.08 Å². The molecule has 2 N–H and O–H groups in total. The van der Waals surface area contributed by atoms with Gasteiger partial charge in [0.2, 0.25) is 0 Å². The van der Waals surface area contributed by atoms with Gasteiger partial charge in [-0.15, -0.1) is 0 Å². The van der Waals surface area contributed by atoms with Gasteiger partial charge in [-0.3, -0.25) is 4.68 Å². The summed E-state index contributed by atoms with van der Waals surface area (Å²) in [4.78, 5) is 0. The molecule has 1 fully saturated rings. The topological polar surface area (TPSA) is 43.8 Å². The summed E-state index contributed by atoms with van der Waals surface area (Å²) < 4.78 is 1.96. The molecule has 0 radical (unpaired) electrons. The second-order valence-corrected chi connectivity index (χ2v) is 4.70. The van der Waals surface area contributed by atoms with E-state index in [0.717, 1.165) is 18.5 Å². The average molecular weight is 219 g/mol. The van der Waals surface area contributed by atoms with E-state index in [1.54, 1.807) is 0 Å². The van der Waals surface area contributed by atoms with Gasteiger partial charge in [-0.05, 0) is 44.2 Å². The van der Waals surface area contributed by atoms with Crippen LogP contribution < -0.4 is 5.73 Å². The highest BCUT2D eigenvalue weighted by molar-refractivity contribution is 5.50. The van der Waals surface area contributed by atoms with Crippen LogP contribution in [0.2, 0.25) is 0 Å². The molecule has 16 heavy (non-hydrogen) atoms. The molecule has 1 atom stereocenters. The molecule has 0 spiro atoms. The molecule has 0 bridgehead atoms. The Labute approximate surface area is 97.3 Å². The first-order valence-corrected chi connectivity index (χ1v) is 6.17. The van der Waals surface area contributed by atoms with Crippen molar-refractivity contribution in [2.75, 3.05) is 0 Å². The average Bonchev–Trinajstić information content (AvgIpc) is 2.60. The normalized spacial score (nSPS) is 23.9. The molecule has 1 heterocycles. The molecule has 2 rings (SSSR count). The summed E-state index contributed by atoms with van der Waals surface area (Å²) in [5.41, 5.74) is 9.83. The van der Waals surface area contributed by atoms with Gasteiger partial charge in [-0.1, -0.05) is 12.5 Å². The van der Waals surface area contributed by atoms with Gasteiger partial charge in [0.25, 0.3) is 0 Å². The van der Waals surface area contributed by atoms with Crippen LogP contribution in [0.3, 0.4) is 0 Å². The molecule has 0 aromatic carbocycles. The van der Waals surface area contributed by atoms with E-state index in [2.05, 4.69) is 24.2 Å². The van der Waals surface area contributed by atoms with Crippen molar-refractivity contribution in [1.82, 2.24) is 9.78 Å². The largest absolute Gasteiger partial charge is 0.327 e. The standard InChI is InChI=1S/C13H21N3/c1-3-12-9-13(16(2)15-12)8-10-5-4-6-11(14)7-10/h8-9,11H,3-7,14H2,1-2H3. The first-order chi connectivity index (χ1) is 7.69. The van der Waals surface area contributed by atoms with Gasteiger partial charge in [0, 0.05) is 13.1 Å². The SMILES string of the molecule is CCc1cc(C=C2CCCC(N)C2)n(C)n1. The number of nitrogens with two attached hydrogens (primary N) is 1. The van der Waals surface area contributed by atoms with E-state index in [1.165, 1.54) is 30.5 Å². The van der Waals surface area contributed by atoms with E-state index in [-0.39, 0.29) is 0 Å². The summed E-state index contributed by atoms with van der Waals surface area (Å²) >= 11 is 0. The Morgan fingerprint density at radius 2 is 2.44 bits per heavy atom. The summed E-state index contributed by atoms with van der Waals surface area (Å²) in [5.74, 6) is 0. The Hall–Kier alpha value is -1.09. The maximum atomic E-state index is 5.98. The molecule has 0 amide bonds. The molecule has 1 unspecified atom stereocenters. The van der Waals surface area contributed by atoms with Crippen molar-refractivity contribution in [2.24, 2.45) is 12.8 Å². The van der Waals surface area contributed by atoms with E-state index < -0.39 is 0 Å². The second-order valence-electron chi connectivity index (χ2n) is 4.70. The smallest absolute Gasteiger partial charge is 0.0628 e. The van der Waals surface area contributed by atoms with Crippen LogP contribution in [0.5, 0.6) is 0 Å². The lowest BCUT2D eigenvalue weighted by Gasteiger charge is -2.20. The van der Waals surface area contributed by atoms with Crippen LogP contribution in [-0.4, -0.2) is 15.8 Å². The zero-order chi connectivity index (χ0) is 11.5. The van der Waals surface area contributed by atoms with Gasteiger partial charge >= 0.3 is 0 Å². The quantitative estimate of drug-likeness (QED) is 0.829. The Morgan fingerprint density at radius 3 is 3.06 bits per heavy atom.